The van der Waals surface area contributed by atoms with Crippen molar-refractivity contribution in [2.24, 2.45) is 4.99 Å². The van der Waals surface area contributed by atoms with Gasteiger partial charge in [-0.3, -0.25) is 15.0 Å². The van der Waals surface area contributed by atoms with Crippen molar-refractivity contribution < 1.29 is 19.2 Å². The summed E-state index contributed by atoms with van der Waals surface area (Å²) in [5.74, 6) is 0.0453. The van der Waals surface area contributed by atoms with Crippen molar-refractivity contribution in [2.75, 3.05) is 33.1 Å². The molecule has 0 heterocycles. The summed E-state index contributed by atoms with van der Waals surface area (Å²) >= 11 is 5.80. The largest absolute Gasteiger partial charge is 0.448 e. The summed E-state index contributed by atoms with van der Waals surface area (Å²) in [6.07, 6.45) is -0.829. The molecule has 1 rings (SSSR count). The van der Waals surface area contributed by atoms with Crippen molar-refractivity contribution in [1.82, 2.24) is 9.80 Å². The van der Waals surface area contributed by atoms with E-state index in [0.29, 0.717) is 0 Å². The predicted octanol–water partition coefficient (Wildman–Crippen LogP) is 2.79. The third kappa shape index (κ3) is 5.60. The summed E-state index contributed by atoms with van der Waals surface area (Å²) in [7, 11) is 4.61. The summed E-state index contributed by atoms with van der Waals surface area (Å²) in [6, 6.07) is 3.15. The van der Waals surface area contributed by atoms with Gasteiger partial charge in [0.25, 0.3) is 5.69 Å². The molecule has 0 spiro atoms. The molecular formula is C14H18ClN5O5. The Kier molecular flexibility index (Phi) is 7.12. The van der Waals surface area contributed by atoms with Crippen LogP contribution in [0.1, 0.15) is 6.92 Å². The van der Waals surface area contributed by atoms with Gasteiger partial charge in [-0.15, -0.1) is 4.99 Å². The molecule has 0 aliphatic rings. The van der Waals surface area contributed by atoms with Gasteiger partial charge < -0.3 is 15.0 Å². The minimum atomic E-state index is -0.829. The van der Waals surface area contributed by atoms with Gasteiger partial charge in [0.05, 0.1) is 11.5 Å². The van der Waals surface area contributed by atoms with Crippen LogP contribution < -0.4 is 5.32 Å². The third-order valence-corrected chi connectivity index (χ3v) is 3.16. The number of carbonyl (C=O) groups excluding carboxylic acids is 2. The first-order chi connectivity index (χ1) is 11.7. The number of ether oxygens (including phenoxy) is 1. The number of hydrogen-bond donors (Lipinski definition) is 1. The zero-order valence-electron chi connectivity index (χ0n) is 14.1. The molecule has 0 unspecified atom stereocenters. The van der Waals surface area contributed by atoms with Crippen molar-refractivity contribution in [3.63, 3.8) is 0 Å². The molecule has 136 valence electrons. The van der Waals surface area contributed by atoms with Gasteiger partial charge in [-0.2, -0.15) is 0 Å². The molecule has 0 radical (unpaired) electrons. The summed E-state index contributed by atoms with van der Waals surface area (Å²) in [4.78, 5) is 40.2. The first-order valence-electron chi connectivity index (χ1n) is 7.08. The zero-order valence-corrected chi connectivity index (χ0v) is 14.9. The van der Waals surface area contributed by atoms with Gasteiger partial charge in [0.1, 0.15) is 5.02 Å². The van der Waals surface area contributed by atoms with E-state index in [1.165, 1.54) is 30.1 Å². The maximum Gasteiger partial charge on any atom is 0.436 e. The number of carbonyl (C=O) groups is 2. The fraction of sp³-hybridized carbons (Fsp3) is 0.357. The Morgan fingerprint density at radius 2 is 2.00 bits per heavy atom. The number of amides is 3. The molecule has 1 aromatic rings. The highest BCUT2D eigenvalue weighted by Gasteiger charge is 2.20. The van der Waals surface area contributed by atoms with E-state index in [2.05, 4.69) is 10.3 Å². The summed E-state index contributed by atoms with van der Waals surface area (Å²) in [5.41, 5.74) is -0.0208. The lowest BCUT2D eigenvalue weighted by Crippen LogP contribution is -2.44. The average Bonchev–Trinajstić information content (AvgIpc) is 2.51. The van der Waals surface area contributed by atoms with Gasteiger partial charge in [-0.25, -0.2) is 9.59 Å². The summed E-state index contributed by atoms with van der Waals surface area (Å²) in [5, 5.41) is 13.1. The Hall–Kier alpha value is -2.88. The maximum absolute atomic E-state index is 12.3. The van der Waals surface area contributed by atoms with Crippen molar-refractivity contribution in [3.8, 4) is 0 Å². The number of nitrogens with zero attached hydrogens (tertiary/aromatic N) is 4. The molecule has 25 heavy (non-hydrogen) atoms. The van der Waals surface area contributed by atoms with E-state index in [-0.39, 0.29) is 29.0 Å². The SMILES string of the molecule is CCOC(=O)/N=C(/N(C)C)N(C)C(=O)Nc1ccc([N+](=O)[O-])c(Cl)c1. The van der Waals surface area contributed by atoms with E-state index in [4.69, 9.17) is 16.3 Å². The van der Waals surface area contributed by atoms with E-state index in [1.54, 1.807) is 21.0 Å². The van der Waals surface area contributed by atoms with Crippen LogP contribution in [0.5, 0.6) is 0 Å². The van der Waals surface area contributed by atoms with Gasteiger partial charge in [0, 0.05) is 32.9 Å². The first kappa shape index (κ1) is 20.2. The Morgan fingerprint density at radius 1 is 1.36 bits per heavy atom. The molecule has 0 saturated heterocycles. The normalized spacial score (nSPS) is 10.8. The molecule has 0 aliphatic carbocycles. The second-order valence-electron chi connectivity index (χ2n) is 4.92. The van der Waals surface area contributed by atoms with Crippen LogP contribution in [0.25, 0.3) is 0 Å². The highest BCUT2D eigenvalue weighted by molar-refractivity contribution is 6.33. The minimum Gasteiger partial charge on any atom is -0.448 e. The molecular weight excluding hydrogens is 354 g/mol. The molecule has 0 aliphatic heterocycles. The number of halogens is 1. The molecule has 1 aromatic carbocycles. The van der Waals surface area contributed by atoms with Crippen molar-refractivity contribution in [3.05, 3.63) is 33.3 Å². The zero-order chi connectivity index (χ0) is 19.1. The number of guanidine groups is 1. The van der Waals surface area contributed by atoms with E-state index >= 15 is 0 Å². The average molecular weight is 372 g/mol. The fourth-order valence-electron chi connectivity index (χ4n) is 1.74. The number of nitro groups is 1. The molecule has 0 saturated carbocycles. The smallest absolute Gasteiger partial charge is 0.436 e. The Balaban J connectivity index is 2.95. The molecule has 0 fully saturated rings. The molecule has 3 amide bonds. The quantitative estimate of drug-likeness (QED) is 0.378. The number of aliphatic imine (C=N–C) groups is 1. The number of nitrogens with one attached hydrogen (secondary N) is 1. The molecule has 10 nitrogen and oxygen atoms in total. The van der Waals surface area contributed by atoms with Crippen LogP contribution in [0.4, 0.5) is 21.0 Å². The predicted molar refractivity (Wildman–Crippen MR) is 93.0 cm³/mol. The van der Waals surface area contributed by atoms with Gasteiger partial charge >= 0.3 is 12.1 Å². The fourth-order valence-corrected chi connectivity index (χ4v) is 1.99. The topological polar surface area (TPSA) is 117 Å². The van der Waals surface area contributed by atoms with E-state index in [9.17, 15) is 19.7 Å². The maximum atomic E-state index is 12.3. The Morgan fingerprint density at radius 3 is 2.48 bits per heavy atom. The van der Waals surface area contributed by atoms with Gasteiger partial charge in [-0.1, -0.05) is 11.6 Å². The van der Waals surface area contributed by atoms with Crippen LogP contribution in [-0.4, -0.2) is 60.6 Å². The summed E-state index contributed by atoms with van der Waals surface area (Å²) < 4.78 is 4.73. The molecule has 1 N–H and O–H groups in total. The van der Waals surface area contributed by atoms with Crippen molar-refractivity contribution in [2.45, 2.75) is 6.92 Å². The number of urea groups is 1. The van der Waals surface area contributed by atoms with Crippen LogP contribution in [-0.2, 0) is 4.74 Å². The second-order valence-corrected chi connectivity index (χ2v) is 5.32. The van der Waals surface area contributed by atoms with Crippen LogP contribution in [0, 0.1) is 10.1 Å². The monoisotopic (exact) mass is 371 g/mol. The lowest BCUT2D eigenvalue weighted by molar-refractivity contribution is -0.384. The van der Waals surface area contributed by atoms with E-state index < -0.39 is 17.0 Å². The highest BCUT2D eigenvalue weighted by Crippen LogP contribution is 2.27. The van der Waals surface area contributed by atoms with Gasteiger partial charge in [-0.05, 0) is 19.1 Å². The summed E-state index contributed by atoms with van der Waals surface area (Å²) in [6.45, 7) is 1.79. The van der Waals surface area contributed by atoms with Crippen LogP contribution >= 0.6 is 11.6 Å². The number of nitro benzene ring substituents is 1. The van der Waals surface area contributed by atoms with Gasteiger partial charge in [0.2, 0.25) is 5.96 Å². The first-order valence-corrected chi connectivity index (χ1v) is 7.46. The Labute approximate surface area is 149 Å². The molecule has 11 heteroatoms. The van der Waals surface area contributed by atoms with Crippen LogP contribution in [0.3, 0.4) is 0 Å². The van der Waals surface area contributed by atoms with Gasteiger partial charge in [0.15, 0.2) is 0 Å². The second kappa shape index (κ2) is 8.83. The lowest BCUT2D eigenvalue weighted by Gasteiger charge is -2.24. The standard InChI is InChI=1S/C14H18ClN5O5/c1-5-25-14(22)17-12(18(2)3)19(4)13(21)16-9-6-7-11(20(23)24)10(15)8-9/h6-8H,5H2,1-4H3,(H,16,21)/b17-12-. The Bertz CT molecular complexity index is 707. The number of benzene rings is 1. The van der Waals surface area contributed by atoms with Crippen molar-refractivity contribution in [1.29, 1.82) is 0 Å². The lowest BCUT2D eigenvalue weighted by atomic mass is 10.3. The minimum absolute atomic E-state index is 0.0453. The van der Waals surface area contributed by atoms with E-state index in [1.807, 2.05) is 0 Å². The van der Waals surface area contributed by atoms with Crippen LogP contribution in [0.2, 0.25) is 5.02 Å². The molecule has 0 atom stereocenters. The highest BCUT2D eigenvalue weighted by atomic mass is 35.5. The number of anilines is 1. The third-order valence-electron chi connectivity index (χ3n) is 2.86. The van der Waals surface area contributed by atoms with Crippen molar-refractivity contribution >= 4 is 41.1 Å². The number of rotatable bonds is 3. The molecule has 0 aromatic heterocycles. The van der Waals surface area contributed by atoms with E-state index in [0.717, 1.165) is 4.90 Å². The number of hydrogen-bond acceptors (Lipinski definition) is 5. The molecule has 0 bridgehead atoms. The van der Waals surface area contributed by atoms with Crippen LogP contribution in [0.15, 0.2) is 23.2 Å².